The van der Waals surface area contributed by atoms with Crippen LogP contribution >= 0.6 is 0 Å². The summed E-state index contributed by atoms with van der Waals surface area (Å²) in [7, 11) is 0. The lowest BCUT2D eigenvalue weighted by Crippen LogP contribution is -1.93. The van der Waals surface area contributed by atoms with Gasteiger partial charge < -0.3 is 5.11 Å². The number of hydrogen-bond acceptors (Lipinski definition) is 4. The van der Waals surface area contributed by atoms with Crippen molar-refractivity contribution in [3.63, 3.8) is 0 Å². The topological polar surface area (TPSA) is 75.7 Å². The van der Waals surface area contributed by atoms with Gasteiger partial charge in [-0.05, 0) is 19.9 Å². The predicted octanol–water partition coefficient (Wildman–Crippen LogP) is 2.13. The average Bonchev–Trinajstić information content (AvgIpc) is 2.16. The van der Waals surface area contributed by atoms with E-state index in [2.05, 4.69) is 4.99 Å². The second-order valence-electron chi connectivity index (χ2n) is 3.37. The van der Waals surface area contributed by atoms with Gasteiger partial charge in [-0.3, -0.25) is 15.1 Å². The summed E-state index contributed by atoms with van der Waals surface area (Å²) in [6.07, 6.45) is 1.44. The number of nitro groups is 1. The fraction of sp³-hybridized carbons (Fsp3) is 0.300. The molecule has 80 valence electrons. The zero-order chi connectivity index (χ0) is 11.4. The molecular weight excluding hydrogens is 196 g/mol. The van der Waals surface area contributed by atoms with Crippen LogP contribution < -0.4 is 0 Å². The minimum Gasteiger partial charge on any atom is -0.507 e. The molecule has 1 rings (SSSR count). The largest absolute Gasteiger partial charge is 0.507 e. The fourth-order valence-electron chi connectivity index (χ4n) is 0.988. The minimum absolute atomic E-state index is 0.00926. The van der Waals surface area contributed by atoms with Gasteiger partial charge in [0.05, 0.1) is 4.92 Å². The SMILES string of the molecule is CC(C)N=Cc1cc([N+](=O)[O-])ccc1O. The third-order valence-electron chi connectivity index (χ3n) is 1.73. The summed E-state index contributed by atoms with van der Waals surface area (Å²) in [4.78, 5) is 14.0. The van der Waals surface area contributed by atoms with E-state index in [1.54, 1.807) is 0 Å². The van der Waals surface area contributed by atoms with E-state index in [4.69, 9.17) is 0 Å². The van der Waals surface area contributed by atoms with E-state index in [-0.39, 0.29) is 17.5 Å². The molecule has 0 radical (unpaired) electrons. The van der Waals surface area contributed by atoms with E-state index in [1.165, 1.54) is 24.4 Å². The highest BCUT2D eigenvalue weighted by molar-refractivity contribution is 5.84. The van der Waals surface area contributed by atoms with Gasteiger partial charge in [-0.2, -0.15) is 0 Å². The number of benzene rings is 1. The second kappa shape index (κ2) is 4.54. The monoisotopic (exact) mass is 208 g/mol. The second-order valence-corrected chi connectivity index (χ2v) is 3.37. The highest BCUT2D eigenvalue weighted by atomic mass is 16.6. The van der Waals surface area contributed by atoms with Gasteiger partial charge in [0.1, 0.15) is 5.75 Å². The van der Waals surface area contributed by atoms with Crippen LogP contribution in [0.2, 0.25) is 0 Å². The molecule has 1 aromatic carbocycles. The van der Waals surface area contributed by atoms with Crippen molar-refractivity contribution in [2.24, 2.45) is 4.99 Å². The summed E-state index contributed by atoms with van der Waals surface area (Å²) in [5.74, 6) is -0.00926. The number of rotatable bonds is 3. The van der Waals surface area contributed by atoms with Gasteiger partial charge in [0.15, 0.2) is 0 Å². The molecule has 5 heteroatoms. The van der Waals surface area contributed by atoms with Crippen molar-refractivity contribution in [2.45, 2.75) is 19.9 Å². The summed E-state index contributed by atoms with van der Waals surface area (Å²) in [6.45, 7) is 3.76. The summed E-state index contributed by atoms with van der Waals surface area (Å²) < 4.78 is 0. The first-order chi connectivity index (χ1) is 7.00. The number of nitrogens with zero attached hydrogens (tertiary/aromatic N) is 2. The van der Waals surface area contributed by atoms with E-state index in [9.17, 15) is 15.2 Å². The summed E-state index contributed by atoms with van der Waals surface area (Å²) in [5.41, 5.74) is 0.302. The molecule has 0 atom stereocenters. The molecule has 15 heavy (non-hydrogen) atoms. The Morgan fingerprint density at radius 1 is 1.53 bits per heavy atom. The molecule has 0 aliphatic carbocycles. The van der Waals surface area contributed by atoms with Crippen LogP contribution in [0.15, 0.2) is 23.2 Å². The van der Waals surface area contributed by atoms with Crippen molar-refractivity contribution in [3.8, 4) is 5.75 Å². The first-order valence-electron chi connectivity index (χ1n) is 4.51. The molecule has 0 amide bonds. The lowest BCUT2D eigenvalue weighted by atomic mass is 10.2. The van der Waals surface area contributed by atoms with Crippen LogP contribution in [-0.2, 0) is 0 Å². The maximum Gasteiger partial charge on any atom is 0.270 e. The van der Waals surface area contributed by atoms with E-state index in [0.717, 1.165) is 0 Å². The van der Waals surface area contributed by atoms with Crippen molar-refractivity contribution < 1.29 is 10.0 Å². The summed E-state index contributed by atoms with van der Waals surface area (Å²) in [5, 5.41) is 19.9. The molecule has 0 fully saturated rings. The number of phenolic OH excluding ortho intramolecular Hbond substituents is 1. The van der Waals surface area contributed by atoms with Gasteiger partial charge >= 0.3 is 0 Å². The molecule has 0 aliphatic rings. The third-order valence-corrected chi connectivity index (χ3v) is 1.73. The Labute approximate surface area is 87.2 Å². The number of phenols is 1. The lowest BCUT2D eigenvalue weighted by Gasteiger charge is -1.99. The van der Waals surface area contributed by atoms with Crippen LogP contribution in [-0.4, -0.2) is 22.3 Å². The molecule has 1 aromatic rings. The third kappa shape index (κ3) is 3.05. The fourth-order valence-corrected chi connectivity index (χ4v) is 0.988. The minimum atomic E-state index is -0.508. The Morgan fingerprint density at radius 3 is 2.73 bits per heavy atom. The molecule has 0 spiro atoms. The Kier molecular flexibility index (Phi) is 3.38. The highest BCUT2D eigenvalue weighted by Crippen LogP contribution is 2.21. The quantitative estimate of drug-likeness (QED) is 0.469. The molecule has 0 unspecified atom stereocenters. The molecule has 0 saturated heterocycles. The van der Waals surface area contributed by atoms with Gasteiger partial charge in [-0.15, -0.1) is 0 Å². The number of non-ortho nitro benzene ring substituents is 1. The number of aromatic hydroxyl groups is 1. The molecule has 0 bridgehead atoms. The predicted molar refractivity (Wildman–Crippen MR) is 57.5 cm³/mol. The van der Waals surface area contributed by atoms with Crippen LogP contribution in [0.3, 0.4) is 0 Å². The van der Waals surface area contributed by atoms with Crippen molar-refractivity contribution in [2.75, 3.05) is 0 Å². The van der Waals surface area contributed by atoms with Crippen molar-refractivity contribution in [1.29, 1.82) is 0 Å². The van der Waals surface area contributed by atoms with Gasteiger partial charge in [0.2, 0.25) is 0 Å². The van der Waals surface area contributed by atoms with Crippen LogP contribution in [0, 0.1) is 10.1 Å². The molecule has 5 nitrogen and oxygen atoms in total. The lowest BCUT2D eigenvalue weighted by molar-refractivity contribution is -0.384. The summed E-state index contributed by atoms with van der Waals surface area (Å²) >= 11 is 0. The zero-order valence-electron chi connectivity index (χ0n) is 8.54. The van der Waals surface area contributed by atoms with E-state index in [0.29, 0.717) is 5.56 Å². The van der Waals surface area contributed by atoms with Crippen molar-refractivity contribution in [1.82, 2.24) is 0 Å². The van der Waals surface area contributed by atoms with Crippen molar-refractivity contribution >= 4 is 11.9 Å². The molecule has 1 N–H and O–H groups in total. The standard InChI is InChI=1S/C10H12N2O3/c1-7(2)11-6-8-5-9(12(14)15)3-4-10(8)13/h3-7,13H,1-2H3. The first-order valence-corrected chi connectivity index (χ1v) is 4.51. The van der Waals surface area contributed by atoms with Crippen LogP contribution in [0.1, 0.15) is 19.4 Å². The molecule has 0 saturated carbocycles. The van der Waals surface area contributed by atoms with Crippen molar-refractivity contribution in [3.05, 3.63) is 33.9 Å². The van der Waals surface area contributed by atoms with Crippen LogP contribution in [0.5, 0.6) is 5.75 Å². The van der Waals surface area contributed by atoms with Gasteiger partial charge in [0.25, 0.3) is 5.69 Å². The van der Waals surface area contributed by atoms with Crippen LogP contribution in [0.25, 0.3) is 0 Å². The van der Waals surface area contributed by atoms with Crippen LogP contribution in [0.4, 0.5) is 5.69 Å². The Balaban J connectivity index is 3.05. The number of aliphatic imine (C=N–C) groups is 1. The summed E-state index contributed by atoms with van der Waals surface area (Å²) in [6, 6.07) is 3.92. The molecule has 0 aliphatic heterocycles. The maximum absolute atomic E-state index is 10.5. The van der Waals surface area contributed by atoms with Gasteiger partial charge in [-0.25, -0.2) is 0 Å². The average molecular weight is 208 g/mol. The maximum atomic E-state index is 10.5. The zero-order valence-corrected chi connectivity index (χ0v) is 8.54. The van der Waals surface area contributed by atoms with E-state index in [1.807, 2.05) is 13.8 Å². The van der Waals surface area contributed by atoms with E-state index < -0.39 is 4.92 Å². The normalized spacial score (nSPS) is 11.1. The Bertz CT molecular complexity index is 400. The molecule has 0 aromatic heterocycles. The van der Waals surface area contributed by atoms with Gasteiger partial charge in [0, 0.05) is 30.0 Å². The smallest absolute Gasteiger partial charge is 0.270 e. The highest BCUT2D eigenvalue weighted by Gasteiger charge is 2.08. The number of nitro benzene ring substituents is 1. The molecular formula is C10H12N2O3. The first kappa shape index (κ1) is 11.2. The Hall–Kier alpha value is -1.91. The molecule has 0 heterocycles. The number of hydrogen-bond donors (Lipinski definition) is 1. The van der Waals surface area contributed by atoms with Gasteiger partial charge in [-0.1, -0.05) is 0 Å². The van der Waals surface area contributed by atoms with E-state index >= 15 is 0 Å². The Morgan fingerprint density at radius 2 is 2.20 bits per heavy atom.